The lowest BCUT2D eigenvalue weighted by Crippen LogP contribution is -2.10. The lowest BCUT2D eigenvalue weighted by atomic mass is 10.2. The van der Waals surface area contributed by atoms with Crippen molar-refractivity contribution >= 4 is 50.2 Å². The van der Waals surface area contributed by atoms with Gasteiger partial charge >= 0.3 is 0 Å². The molecule has 2 aromatic rings. The monoisotopic (exact) mass is 341 g/mol. The topological polar surface area (TPSA) is 50.9 Å². The molecule has 0 radical (unpaired) electrons. The SMILES string of the molecule is Cc1ncsc1CNc1ccc(C(N)=S)c(Br)c1. The minimum absolute atomic E-state index is 0.395. The predicted octanol–water partition coefficient (Wildman–Crippen LogP) is 3.46. The fourth-order valence-electron chi connectivity index (χ4n) is 1.50. The summed E-state index contributed by atoms with van der Waals surface area (Å²) >= 11 is 10.1. The third-order valence-electron chi connectivity index (χ3n) is 2.53. The van der Waals surface area contributed by atoms with Crippen LogP contribution in [0.4, 0.5) is 5.69 Å². The van der Waals surface area contributed by atoms with Crippen molar-refractivity contribution in [3.63, 3.8) is 0 Å². The molecule has 0 spiro atoms. The zero-order chi connectivity index (χ0) is 13.1. The van der Waals surface area contributed by atoms with E-state index in [0.29, 0.717) is 4.99 Å². The first-order valence-electron chi connectivity index (χ1n) is 5.30. The van der Waals surface area contributed by atoms with E-state index >= 15 is 0 Å². The van der Waals surface area contributed by atoms with E-state index in [0.717, 1.165) is 28.0 Å². The number of hydrogen-bond donors (Lipinski definition) is 2. The molecule has 0 saturated carbocycles. The van der Waals surface area contributed by atoms with Crippen LogP contribution in [-0.2, 0) is 6.54 Å². The molecule has 94 valence electrons. The summed E-state index contributed by atoms with van der Waals surface area (Å²) in [7, 11) is 0. The van der Waals surface area contributed by atoms with Crippen molar-refractivity contribution in [2.75, 3.05) is 5.32 Å². The van der Waals surface area contributed by atoms with Gasteiger partial charge in [-0.3, -0.25) is 0 Å². The highest BCUT2D eigenvalue weighted by Gasteiger charge is 2.05. The van der Waals surface area contributed by atoms with Crippen LogP contribution in [0.25, 0.3) is 0 Å². The average molecular weight is 342 g/mol. The second kappa shape index (κ2) is 5.77. The van der Waals surface area contributed by atoms with Crippen LogP contribution in [0.3, 0.4) is 0 Å². The second-order valence-corrected chi connectivity index (χ2v) is 6.01. The molecule has 0 bridgehead atoms. The normalized spacial score (nSPS) is 10.3. The molecule has 0 amide bonds. The van der Waals surface area contributed by atoms with Gasteiger partial charge in [0.1, 0.15) is 4.99 Å². The van der Waals surface area contributed by atoms with Crippen LogP contribution in [0.15, 0.2) is 28.2 Å². The average Bonchev–Trinajstić information content (AvgIpc) is 2.72. The van der Waals surface area contributed by atoms with Gasteiger partial charge < -0.3 is 11.1 Å². The number of rotatable bonds is 4. The minimum atomic E-state index is 0.395. The molecule has 1 heterocycles. The van der Waals surface area contributed by atoms with Gasteiger partial charge in [0.25, 0.3) is 0 Å². The summed E-state index contributed by atoms with van der Waals surface area (Å²) in [6.07, 6.45) is 0. The summed E-state index contributed by atoms with van der Waals surface area (Å²) in [5.74, 6) is 0. The number of aromatic nitrogens is 1. The Morgan fingerprint density at radius 1 is 1.56 bits per heavy atom. The van der Waals surface area contributed by atoms with Crippen molar-refractivity contribution in [1.82, 2.24) is 4.98 Å². The van der Waals surface area contributed by atoms with Gasteiger partial charge in [-0.05, 0) is 41.1 Å². The number of benzene rings is 1. The number of nitrogens with one attached hydrogen (secondary N) is 1. The minimum Gasteiger partial charge on any atom is -0.389 e. The molecule has 0 unspecified atom stereocenters. The zero-order valence-electron chi connectivity index (χ0n) is 9.74. The Labute approximate surface area is 124 Å². The maximum atomic E-state index is 5.61. The number of nitrogens with two attached hydrogens (primary N) is 1. The summed E-state index contributed by atoms with van der Waals surface area (Å²) in [6.45, 7) is 2.79. The van der Waals surface area contributed by atoms with Crippen LogP contribution in [0.1, 0.15) is 16.1 Å². The Hall–Kier alpha value is -0.980. The molecule has 3 N–H and O–H groups in total. The molecule has 0 aliphatic heterocycles. The molecule has 1 aromatic heterocycles. The molecule has 0 saturated heterocycles. The van der Waals surface area contributed by atoms with Gasteiger partial charge in [-0.2, -0.15) is 0 Å². The molecule has 18 heavy (non-hydrogen) atoms. The van der Waals surface area contributed by atoms with Crippen LogP contribution >= 0.6 is 39.5 Å². The van der Waals surface area contributed by atoms with E-state index in [1.54, 1.807) is 11.3 Å². The Kier molecular flexibility index (Phi) is 4.31. The molecular formula is C12H12BrN3S2. The predicted molar refractivity (Wildman–Crippen MR) is 84.2 cm³/mol. The van der Waals surface area contributed by atoms with E-state index in [2.05, 4.69) is 26.2 Å². The van der Waals surface area contributed by atoms with E-state index in [-0.39, 0.29) is 0 Å². The Balaban J connectivity index is 2.09. The number of halogens is 1. The number of hydrogen-bond acceptors (Lipinski definition) is 4. The van der Waals surface area contributed by atoms with Crippen molar-refractivity contribution in [1.29, 1.82) is 0 Å². The lowest BCUT2D eigenvalue weighted by Gasteiger charge is -2.08. The Morgan fingerprint density at radius 3 is 2.89 bits per heavy atom. The molecule has 0 aliphatic rings. The number of nitrogens with zero attached hydrogens (tertiary/aromatic N) is 1. The van der Waals surface area contributed by atoms with Gasteiger partial charge in [0.2, 0.25) is 0 Å². The Bertz CT molecular complexity index is 580. The number of thiazole rings is 1. The van der Waals surface area contributed by atoms with Crippen LogP contribution in [0.5, 0.6) is 0 Å². The largest absolute Gasteiger partial charge is 0.389 e. The number of anilines is 1. The summed E-state index contributed by atoms with van der Waals surface area (Å²) < 4.78 is 0.904. The molecule has 2 rings (SSSR count). The van der Waals surface area contributed by atoms with Crippen LogP contribution in [0, 0.1) is 6.92 Å². The fourth-order valence-corrected chi connectivity index (χ4v) is 3.12. The highest BCUT2D eigenvalue weighted by Crippen LogP contribution is 2.22. The van der Waals surface area contributed by atoms with E-state index in [1.807, 2.05) is 30.6 Å². The first-order valence-corrected chi connectivity index (χ1v) is 7.38. The quantitative estimate of drug-likeness (QED) is 0.836. The molecule has 1 aromatic carbocycles. The highest BCUT2D eigenvalue weighted by molar-refractivity contribution is 9.10. The molecule has 0 fully saturated rings. The molecule has 0 aliphatic carbocycles. The van der Waals surface area contributed by atoms with E-state index < -0.39 is 0 Å². The summed E-state index contributed by atoms with van der Waals surface area (Å²) in [5, 5.41) is 3.35. The number of aryl methyl sites for hydroxylation is 1. The second-order valence-electron chi connectivity index (χ2n) is 3.77. The maximum absolute atomic E-state index is 5.61. The number of thiocarbonyl (C=S) groups is 1. The first kappa shape index (κ1) is 13.5. The van der Waals surface area contributed by atoms with Gasteiger partial charge in [0, 0.05) is 20.6 Å². The van der Waals surface area contributed by atoms with Crippen molar-refractivity contribution in [2.24, 2.45) is 5.73 Å². The molecule has 0 atom stereocenters. The smallest absolute Gasteiger partial charge is 0.105 e. The van der Waals surface area contributed by atoms with Crippen molar-refractivity contribution in [2.45, 2.75) is 13.5 Å². The van der Waals surface area contributed by atoms with E-state index in [4.69, 9.17) is 18.0 Å². The third-order valence-corrected chi connectivity index (χ3v) is 4.34. The Morgan fingerprint density at radius 2 is 2.33 bits per heavy atom. The van der Waals surface area contributed by atoms with Gasteiger partial charge in [0.15, 0.2) is 0 Å². The summed E-state index contributed by atoms with van der Waals surface area (Å²) in [4.78, 5) is 5.85. The van der Waals surface area contributed by atoms with Crippen LogP contribution < -0.4 is 11.1 Å². The van der Waals surface area contributed by atoms with E-state index in [1.165, 1.54) is 4.88 Å². The molecule has 3 nitrogen and oxygen atoms in total. The van der Waals surface area contributed by atoms with Gasteiger partial charge in [-0.15, -0.1) is 11.3 Å². The standard InChI is InChI=1S/C12H12BrN3S2/c1-7-11(18-6-16-7)5-15-8-2-3-9(12(14)17)10(13)4-8/h2-4,6,15H,5H2,1H3,(H2,14,17). The first-order chi connectivity index (χ1) is 8.58. The molecule has 6 heteroatoms. The van der Waals surface area contributed by atoms with Gasteiger partial charge in [0.05, 0.1) is 17.7 Å². The zero-order valence-corrected chi connectivity index (χ0v) is 13.0. The van der Waals surface area contributed by atoms with Crippen molar-refractivity contribution < 1.29 is 0 Å². The third kappa shape index (κ3) is 3.07. The highest BCUT2D eigenvalue weighted by atomic mass is 79.9. The fraction of sp³-hybridized carbons (Fsp3) is 0.167. The van der Waals surface area contributed by atoms with Crippen LogP contribution in [-0.4, -0.2) is 9.97 Å². The van der Waals surface area contributed by atoms with Crippen molar-refractivity contribution in [3.8, 4) is 0 Å². The van der Waals surface area contributed by atoms with Gasteiger partial charge in [-0.25, -0.2) is 4.98 Å². The van der Waals surface area contributed by atoms with Crippen molar-refractivity contribution in [3.05, 3.63) is 44.3 Å². The lowest BCUT2D eigenvalue weighted by molar-refractivity contribution is 1.12. The van der Waals surface area contributed by atoms with Crippen LogP contribution in [0.2, 0.25) is 0 Å². The summed E-state index contributed by atoms with van der Waals surface area (Å²) in [5.41, 5.74) is 10.4. The maximum Gasteiger partial charge on any atom is 0.105 e. The van der Waals surface area contributed by atoms with E-state index in [9.17, 15) is 0 Å². The van der Waals surface area contributed by atoms with Gasteiger partial charge in [-0.1, -0.05) is 12.2 Å². The molecular weight excluding hydrogens is 330 g/mol. The summed E-state index contributed by atoms with van der Waals surface area (Å²) in [6, 6.07) is 5.86.